The molecule has 35 heavy (non-hydrogen) atoms. The van der Waals surface area contributed by atoms with E-state index in [2.05, 4.69) is 0 Å². The Kier molecular flexibility index (Phi) is 7.01. The number of fused-ring (bicyclic) bond motifs is 1. The lowest BCUT2D eigenvalue weighted by Crippen LogP contribution is -2.57. The minimum atomic E-state index is -2.42. The molecule has 0 spiro atoms. The molecule has 0 bridgehead atoms. The molecule has 1 saturated carbocycles. The zero-order valence-corrected chi connectivity index (χ0v) is 17.8. The number of rotatable bonds is 6. The maximum absolute atomic E-state index is 12.1. The molecule has 0 amide bonds. The molecule has 13 nitrogen and oxygen atoms in total. The monoisotopic (exact) mass is 494 g/mol. The molecular weight excluding hydrogens is 472 g/mol. The number of benzene rings is 1. The number of aromatic hydroxyl groups is 3. The van der Waals surface area contributed by atoms with Gasteiger partial charge in [0.1, 0.15) is 6.10 Å². The molecule has 0 radical (unpaired) electrons. The summed E-state index contributed by atoms with van der Waals surface area (Å²) in [5, 5.41) is 88.4. The van der Waals surface area contributed by atoms with Crippen molar-refractivity contribution >= 4 is 28.8 Å². The highest BCUT2D eigenvalue weighted by Crippen LogP contribution is 2.40. The lowest BCUT2D eigenvalue weighted by atomic mass is 9.79. The number of aliphatic hydroxyl groups is 4. The van der Waals surface area contributed by atoms with Crippen LogP contribution in [0.3, 0.4) is 0 Å². The fourth-order valence-corrected chi connectivity index (χ4v) is 3.84. The van der Waals surface area contributed by atoms with E-state index >= 15 is 0 Å². The van der Waals surface area contributed by atoms with Gasteiger partial charge in [-0.1, -0.05) is 6.08 Å². The zero-order chi connectivity index (χ0) is 26.2. The molecule has 0 saturated heterocycles. The van der Waals surface area contributed by atoms with Crippen LogP contribution in [0, 0.1) is 0 Å². The van der Waals surface area contributed by atoms with E-state index in [0.29, 0.717) is 6.07 Å². The van der Waals surface area contributed by atoms with Crippen molar-refractivity contribution in [2.75, 3.05) is 0 Å². The topological polar surface area (TPSA) is 243 Å². The van der Waals surface area contributed by atoms with E-state index < -0.39 is 88.6 Å². The van der Waals surface area contributed by atoms with Gasteiger partial charge in [-0.15, -0.1) is 0 Å². The Bertz CT molecular complexity index is 1270. The lowest BCUT2D eigenvalue weighted by Gasteiger charge is -2.40. The third kappa shape index (κ3) is 5.03. The summed E-state index contributed by atoms with van der Waals surface area (Å²) in [5.41, 5.74) is -4.20. The SMILES string of the molecule is O=C(O)c1cc(=O)c(O)c2c(O)c(O)cc(/C=C/C(O)OC3CC(O)(C(=O)O)CC(O)C3O)c2c1. The summed E-state index contributed by atoms with van der Waals surface area (Å²) in [4.78, 5) is 34.8. The molecule has 3 rings (SSSR count). The molecule has 1 aliphatic carbocycles. The summed E-state index contributed by atoms with van der Waals surface area (Å²) in [6.07, 6.45) is -6.02. The smallest absolute Gasteiger partial charge is 0.335 e. The summed E-state index contributed by atoms with van der Waals surface area (Å²) < 4.78 is 5.16. The van der Waals surface area contributed by atoms with Crippen LogP contribution in [0.25, 0.3) is 16.8 Å². The molecule has 2 aromatic carbocycles. The third-order valence-electron chi connectivity index (χ3n) is 5.67. The summed E-state index contributed by atoms with van der Waals surface area (Å²) in [5.74, 6) is -5.92. The van der Waals surface area contributed by atoms with Gasteiger partial charge in [-0.2, -0.15) is 0 Å². The second-order valence-electron chi connectivity index (χ2n) is 8.11. The molecule has 5 unspecified atom stereocenters. The fourth-order valence-electron chi connectivity index (χ4n) is 3.84. The minimum Gasteiger partial charge on any atom is -0.504 e. The van der Waals surface area contributed by atoms with Crippen LogP contribution in [-0.4, -0.2) is 88.1 Å². The number of ether oxygens (including phenoxy) is 1. The number of carboxylic acid groups (broad SMARTS) is 2. The summed E-state index contributed by atoms with van der Waals surface area (Å²) in [6, 6.07) is 2.50. The highest BCUT2D eigenvalue weighted by molar-refractivity contribution is 6.03. The van der Waals surface area contributed by atoms with Gasteiger partial charge in [0.2, 0.25) is 5.43 Å². The first kappa shape index (κ1) is 25.9. The molecule has 0 heterocycles. The van der Waals surface area contributed by atoms with Crippen molar-refractivity contribution < 1.29 is 60.3 Å². The first-order chi connectivity index (χ1) is 16.2. The maximum atomic E-state index is 12.1. The van der Waals surface area contributed by atoms with E-state index in [-0.39, 0.29) is 10.9 Å². The van der Waals surface area contributed by atoms with Gasteiger partial charge in [0.25, 0.3) is 0 Å². The maximum Gasteiger partial charge on any atom is 0.335 e. The van der Waals surface area contributed by atoms with Gasteiger partial charge in [-0.05, 0) is 29.2 Å². The van der Waals surface area contributed by atoms with Crippen molar-refractivity contribution in [3.63, 3.8) is 0 Å². The van der Waals surface area contributed by atoms with E-state index in [1.165, 1.54) is 0 Å². The van der Waals surface area contributed by atoms with Gasteiger partial charge in [-0.25, -0.2) is 9.59 Å². The number of aliphatic carboxylic acids is 1. The van der Waals surface area contributed by atoms with Gasteiger partial charge in [0.05, 0.1) is 23.2 Å². The molecule has 1 aliphatic rings. The van der Waals surface area contributed by atoms with Crippen LogP contribution in [0.15, 0.2) is 29.1 Å². The van der Waals surface area contributed by atoms with Crippen LogP contribution in [0.2, 0.25) is 0 Å². The lowest BCUT2D eigenvalue weighted by molar-refractivity contribution is -0.216. The first-order valence-corrected chi connectivity index (χ1v) is 10.1. The fraction of sp³-hybridized carbons (Fsp3) is 0.318. The van der Waals surface area contributed by atoms with Gasteiger partial charge in [0.15, 0.2) is 29.1 Å². The Balaban J connectivity index is 2.00. The third-order valence-corrected chi connectivity index (χ3v) is 5.67. The average molecular weight is 494 g/mol. The van der Waals surface area contributed by atoms with Crippen molar-refractivity contribution in [2.45, 2.75) is 43.0 Å². The second kappa shape index (κ2) is 9.48. The minimum absolute atomic E-state index is 0.0855. The molecule has 188 valence electrons. The van der Waals surface area contributed by atoms with Crippen molar-refractivity contribution in [3.05, 3.63) is 45.6 Å². The van der Waals surface area contributed by atoms with Crippen LogP contribution < -0.4 is 5.43 Å². The van der Waals surface area contributed by atoms with Crippen LogP contribution in [0.4, 0.5) is 0 Å². The first-order valence-electron chi connectivity index (χ1n) is 10.1. The summed E-state index contributed by atoms with van der Waals surface area (Å²) >= 11 is 0. The van der Waals surface area contributed by atoms with E-state index in [1.54, 1.807) is 0 Å². The largest absolute Gasteiger partial charge is 0.504 e. The van der Waals surface area contributed by atoms with E-state index in [4.69, 9.17) is 4.74 Å². The number of hydrogen-bond donors (Lipinski definition) is 9. The van der Waals surface area contributed by atoms with Gasteiger partial charge >= 0.3 is 11.9 Å². The molecule has 9 N–H and O–H groups in total. The van der Waals surface area contributed by atoms with Crippen LogP contribution in [0.1, 0.15) is 28.8 Å². The van der Waals surface area contributed by atoms with E-state index in [1.807, 2.05) is 0 Å². The molecule has 5 atom stereocenters. The Morgan fingerprint density at radius 1 is 1.06 bits per heavy atom. The number of phenols is 2. The van der Waals surface area contributed by atoms with Gasteiger partial charge in [-0.3, -0.25) is 4.79 Å². The highest BCUT2D eigenvalue weighted by Gasteiger charge is 2.49. The Morgan fingerprint density at radius 2 is 1.71 bits per heavy atom. The average Bonchev–Trinajstić information content (AvgIpc) is 2.90. The normalized spacial score (nSPS) is 25.5. The van der Waals surface area contributed by atoms with Crippen molar-refractivity contribution in [3.8, 4) is 17.2 Å². The summed E-state index contributed by atoms with van der Waals surface area (Å²) in [7, 11) is 0. The number of carboxylic acids is 2. The Hall–Kier alpha value is -3.75. The van der Waals surface area contributed by atoms with Crippen LogP contribution >= 0.6 is 0 Å². The number of carbonyl (C=O) groups is 2. The Morgan fingerprint density at radius 3 is 2.31 bits per heavy atom. The highest BCUT2D eigenvalue weighted by atomic mass is 16.6. The molecule has 0 aromatic heterocycles. The standard InChI is InChI=1S/C22H22O13/c23-11-4-8(10-3-9(20(30)31)5-12(24)19(29)16(10)18(11)28)1-2-15(26)35-14-7-22(34,21(32)33)6-13(25)17(14)27/h1-5,13-15,17,23,25-28,34H,6-7H2,(H,24,29)(H,30,31)(H,32,33)/b2-1+. The number of aromatic carboxylic acids is 1. The Labute approximate surface area is 195 Å². The number of aliphatic hydroxyl groups excluding tert-OH is 3. The molecule has 13 heteroatoms. The quantitative estimate of drug-likeness (QED) is 0.174. The number of hydrogen-bond acceptors (Lipinski definition) is 11. The van der Waals surface area contributed by atoms with Crippen molar-refractivity contribution in [1.82, 2.24) is 0 Å². The van der Waals surface area contributed by atoms with E-state index in [9.17, 15) is 60.3 Å². The molecule has 2 aromatic rings. The van der Waals surface area contributed by atoms with Crippen LogP contribution in [0.5, 0.6) is 17.2 Å². The number of phenolic OH excluding ortho intramolecular Hbond substituents is 2. The molecule has 1 fully saturated rings. The van der Waals surface area contributed by atoms with Gasteiger partial charge < -0.3 is 50.7 Å². The van der Waals surface area contributed by atoms with Crippen molar-refractivity contribution in [1.29, 1.82) is 0 Å². The second-order valence-corrected chi connectivity index (χ2v) is 8.11. The van der Waals surface area contributed by atoms with E-state index in [0.717, 1.165) is 24.3 Å². The van der Waals surface area contributed by atoms with Crippen molar-refractivity contribution in [2.24, 2.45) is 0 Å². The van der Waals surface area contributed by atoms with Crippen LogP contribution in [-0.2, 0) is 9.53 Å². The van der Waals surface area contributed by atoms with Gasteiger partial charge in [0, 0.05) is 18.9 Å². The predicted molar refractivity (Wildman–Crippen MR) is 116 cm³/mol. The summed E-state index contributed by atoms with van der Waals surface area (Å²) in [6.45, 7) is 0. The molecule has 0 aliphatic heterocycles. The zero-order valence-electron chi connectivity index (χ0n) is 17.8. The predicted octanol–water partition coefficient (Wildman–Crippen LogP) is -0.937. The molecular formula is C22H22O13.